The molecule has 2 aromatic heterocycles. The summed E-state index contributed by atoms with van der Waals surface area (Å²) in [6.45, 7) is 4.96. The number of hydrogen-bond acceptors (Lipinski definition) is 6. The number of rotatable bonds is 5. The third kappa shape index (κ3) is 4.19. The number of ether oxygens (including phenoxy) is 1. The third-order valence-corrected chi connectivity index (χ3v) is 4.97. The van der Waals surface area contributed by atoms with Crippen LogP contribution >= 0.6 is 0 Å². The number of benzene rings is 1. The van der Waals surface area contributed by atoms with E-state index in [4.69, 9.17) is 9.26 Å². The molecule has 0 spiro atoms. The van der Waals surface area contributed by atoms with Crippen LogP contribution in [-0.2, 0) is 4.74 Å². The largest absolute Gasteiger partial charge is 0.381 e. The van der Waals surface area contributed by atoms with E-state index < -0.39 is 6.04 Å². The van der Waals surface area contributed by atoms with Crippen LogP contribution in [0.25, 0.3) is 11.4 Å². The fourth-order valence-electron chi connectivity index (χ4n) is 3.33. The third-order valence-electron chi connectivity index (χ3n) is 4.97. The Labute approximate surface area is 167 Å². The quantitative estimate of drug-likeness (QED) is 0.708. The minimum atomic E-state index is -0.511. The van der Waals surface area contributed by atoms with Gasteiger partial charge in [-0.1, -0.05) is 17.3 Å². The predicted molar refractivity (Wildman–Crippen MR) is 102 cm³/mol. The van der Waals surface area contributed by atoms with Gasteiger partial charge in [-0.05, 0) is 38.8 Å². The number of aryl methyl sites for hydroxylation is 1. The van der Waals surface area contributed by atoms with Crippen molar-refractivity contribution in [3.05, 3.63) is 53.4 Å². The number of halogens is 1. The lowest BCUT2D eigenvalue weighted by Crippen LogP contribution is -2.27. The van der Waals surface area contributed by atoms with Gasteiger partial charge < -0.3 is 14.6 Å². The first kappa shape index (κ1) is 19.3. The van der Waals surface area contributed by atoms with E-state index in [-0.39, 0.29) is 29.5 Å². The normalized spacial score (nSPS) is 16.0. The molecule has 1 fully saturated rings. The Balaban J connectivity index is 1.45. The monoisotopic (exact) mass is 399 g/mol. The summed E-state index contributed by atoms with van der Waals surface area (Å²) in [6.07, 6.45) is 3.53. The van der Waals surface area contributed by atoms with Crippen molar-refractivity contribution >= 4 is 5.91 Å². The van der Waals surface area contributed by atoms with E-state index in [2.05, 4.69) is 20.6 Å². The summed E-state index contributed by atoms with van der Waals surface area (Å²) in [6, 6.07) is 5.66. The Morgan fingerprint density at radius 1 is 1.34 bits per heavy atom. The SMILES string of the molecule is Cc1nn(C2CCOCC2)cc1C(=O)N[C@@H](C)c1nc(-c2cccc(F)c2)no1. The predicted octanol–water partition coefficient (Wildman–Crippen LogP) is 3.22. The zero-order valence-corrected chi connectivity index (χ0v) is 16.3. The minimum absolute atomic E-state index is 0.242. The summed E-state index contributed by atoms with van der Waals surface area (Å²) in [5.74, 6) is -0.137. The van der Waals surface area contributed by atoms with E-state index in [1.165, 1.54) is 12.1 Å². The van der Waals surface area contributed by atoms with E-state index in [9.17, 15) is 9.18 Å². The van der Waals surface area contributed by atoms with E-state index in [0.717, 1.165) is 12.8 Å². The van der Waals surface area contributed by atoms with Crippen molar-refractivity contribution in [2.24, 2.45) is 0 Å². The Morgan fingerprint density at radius 2 is 2.14 bits per heavy atom. The fraction of sp³-hybridized carbons (Fsp3) is 0.400. The molecule has 1 atom stereocenters. The van der Waals surface area contributed by atoms with Crippen LogP contribution in [0.3, 0.4) is 0 Å². The van der Waals surface area contributed by atoms with Gasteiger partial charge in [0.2, 0.25) is 11.7 Å². The van der Waals surface area contributed by atoms with Gasteiger partial charge in [0.05, 0.1) is 17.3 Å². The molecule has 4 rings (SSSR count). The molecule has 0 radical (unpaired) electrons. The molecular formula is C20H22FN5O3. The van der Waals surface area contributed by atoms with Crippen molar-refractivity contribution in [3.63, 3.8) is 0 Å². The second-order valence-corrected chi connectivity index (χ2v) is 7.11. The summed E-state index contributed by atoms with van der Waals surface area (Å²) in [5.41, 5.74) is 1.67. The summed E-state index contributed by atoms with van der Waals surface area (Å²) in [4.78, 5) is 17.0. The zero-order valence-electron chi connectivity index (χ0n) is 16.3. The molecule has 3 aromatic rings. The first-order valence-electron chi connectivity index (χ1n) is 9.55. The number of carbonyl (C=O) groups excluding carboxylic acids is 1. The van der Waals surface area contributed by atoms with Crippen molar-refractivity contribution in [2.75, 3.05) is 13.2 Å². The topological polar surface area (TPSA) is 95.1 Å². The van der Waals surface area contributed by atoms with Gasteiger partial charge >= 0.3 is 0 Å². The van der Waals surface area contributed by atoms with E-state index in [0.29, 0.717) is 30.0 Å². The van der Waals surface area contributed by atoms with E-state index in [1.807, 2.05) is 11.6 Å². The standard InChI is InChI=1S/C20H22FN5O3/c1-12-17(11-26(24-12)16-6-8-28-9-7-16)19(27)22-13(2)20-23-18(25-29-20)14-4-3-5-15(21)10-14/h3-5,10-11,13,16H,6-9H2,1-2H3,(H,22,27)/t13-/m0/s1. The minimum Gasteiger partial charge on any atom is -0.381 e. The van der Waals surface area contributed by atoms with Crippen molar-refractivity contribution in [2.45, 2.75) is 38.8 Å². The number of aromatic nitrogens is 4. The van der Waals surface area contributed by atoms with Gasteiger partial charge in [-0.2, -0.15) is 10.1 Å². The number of hydrogen-bond donors (Lipinski definition) is 1. The molecule has 1 amide bonds. The molecule has 1 aliphatic heterocycles. The molecular weight excluding hydrogens is 377 g/mol. The van der Waals surface area contributed by atoms with Crippen LogP contribution in [0.5, 0.6) is 0 Å². The second kappa shape index (κ2) is 8.12. The molecule has 0 saturated carbocycles. The molecule has 0 aliphatic carbocycles. The number of nitrogens with zero attached hydrogens (tertiary/aromatic N) is 4. The van der Waals surface area contributed by atoms with Crippen molar-refractivity contribution < 1.29 is 18.4 Å². The number of nitrogens with one attached hydrogen (secondary N) is 1. The molecule has 1 aromatic carbocycles. The van der Waals surface area contributed by atoms with Crippen LogP contribution < -0.4 is 5.32 Å². The lowest BCUT2D eigenvalue weighted by molar-refractivity contribution is 0.0661. The summed E-state index contributed by atoms with van der Waals surface area (Å²) < 4.78 is 25.9. The fourth-order valence-corrected chi connectivity index (χ4v) is 3.33. The van der Waals surface area contributed by atoms with Crippen molar-refractivity contribution in [3.8, 4) is 11.4 Å². The van der Waals surface area contributed by atoms with Gasteiger partial charge in [0.25, 0.3) is 5.91 Å². The zero-order chi connectivity index (χ0) is 20.4. The van der Waals surface area contributed by atoms with Crippen molar-refractivity contribution in [1.29, 1.82) is 0 Å². The Hall–Kier alpha value is -3.07. The lowest BCUT2D eigenvalue weighted by atomic mass is 10.1. The Kier molecular flexibility index (Phi) is 5.39. The second-order valence-electron chi connectivity index (χ2n) is 7.11. The average Bonchev–Trinajstić information content (AvgIpc) is 3.36. The Bertz CT molecular complexity index is 1010. The molecule has 9 heteroatoms. The average molecular weight is 399 g/mol. The highest BCUT2D eigenvalue weighted by atomic mass is 19.1. The molecule has 0 bridgehead atoms. The van der Waals surface area contributed by atoms with Gasteiger partial charge in [0.15, 0.2) is 0 Å². The molecule has 3 heterocycles. The lowest BCUT2D eigenvalue weighted by Gasteiger charge is -2.22. The van der Waals surface area contributed by atoms with Crippen molar-refractivity contribution in [1.82, 2.24) is 25.2 Å². The van der Waals surface area contributed by atoms with Gasteiger partial charge in [0, 0.05) is 25.0 Å². The van der Waals surface area contributed by atoms with E-state index >= 15 is 0 Å². The van der Waals surface area contributed by atoms with Crippen LogP contribution in [-0.4, -0.2) is 39.0 Å². The highest BCUT2D eigenvalue weighted by Crippen LogP contribution is 2.23. The number of carbonyl (C=O) groups is 1. The summed E-state index contributed by atoms with van der Waals surface area (Å²) >= 11 is 0. The van der Waals surface area contributed by atoms with Crippen LogP contribution in [0.1, 0.15) is 53.8 Å². The van der Waals surface area contributed by atoms with Gasteiger partial charge in [-0.25, -0.2) is 4.39 Å². The maximum atomic E-state index is 13.4. The first-order chi connectivity index (χ1) is 14.0. The van der Waals surface area contributed by atoms with E-state index in [1.54, 1.807) is 25.3 Å². The highest BCUT2D eigenvalue weighted by molar-refractivity contribution is 5.95. The molecule has 29 heavy (non-hydrogen) atoms. The van der Waals surface area contributed by atoms with Gasteiger partial charge in [0.1, 0.15) is 11.9 Å². The van der Waals surface area contributed by atoms with Gasteiger partial charge in [-0.15, -0.1) is 0 Å². The highest BCUT2D eigenvalue weighted by Gasteiger charge is 2.23. The Morgan fingerprint density at radius 3 is 2.90 bits per heavy atom. The van der Waals surface area contributed by atoms with Crippen LogP contribution in [0.4, 0.5) is 4.39 Å². The molecule has 1 N–H and O–H groups in total. The molecule has 1 aliphatic rings. The van der Waals surface area contributed by atoms with Crippen LogP contribution in [0.15, 0.2) is 35.0 Å². The first-order valence-corrected chi connectivity index (χ1v) is 9.55. The summed E-state index contributed by atoms with van der Waals surface area (Å²) in [7, 11) is 0. The smallest absolute Gasteiger partial charge is 0.255 e. The maximum absolute atomic E-state index is 13.4. The molecule has 8 nitrogen and oxygen atoms in total. The molecule has 0 unspecified atom stereocenters. The molecule has 152 valence electrons. The van der Waals surface area contributed by atoms with Crippen LogP contribution in [0, 0.1) is 12.7 Å². The maximum Gasteiger partial charge on any atom is 0.255 e. The summed E-state index contributed by atoms with van der Waals surface area (Å²) in [5, 5.41) is 11.2. The number of amides is 1. The van der Waals surface area contributed by atoms with Gasteiger partial charge in [-0.3, -0.25) is 9.48 Å². The van der Waals surface area contributed by atoms with Crippen LogP contribution in [0.2, 0.25) is 0 Å². The molecule has 1 saturated heterocycles.